The molecule has 0 heterocycles. The molecule has 2 heteroatoms. The third-order valence-corrected chi connectivity index (χ3v) is 1.85. The van der Waals surface area contributed by atoms with Gasteiger partial charge in [-0.1, -0.05) is 5.57 Å². The van der Waals surface area contributed by atoms with Crippen LogP contribution in [0.25, 0.3) is 0 Å². The molecule has 0 saturated carbocycles. The summed E-state index contributed by atoms with van der Waals surface area (Å²) >= 11 is 0. The second-order valence-electron chi connectivity index (χ2n) is 3.28. The van der Waals surface area contributed by atoms with Crippen molar-refractivity contribution < 1.29 is 10.2 Å². The largest absolute Gasteiger partial charge is 0.393 e. The molecule has 0 saturated heterocycles. The predicted molar refractivity (Wildman–Crippen MR) is 46.4 cm³/mol. The highest BCUT2D eigenvalue weighted by molar-refractivity contribution is 5.11. The lowest BCUT2D eigenvalue weighted by Crippen LogP contribution is -2.16. The Morgan fingerprint density at radius 3 is 1.91 bits per heavy atom. The van der Waals surface area contributed by atoms with Crippen LogP contribution in [0.15, 0.2) is 11.1 Å². The molecule has 0 radical (unpaired) electrons. The van der Waals surface area contributed by atoms with Crippen LogP contribution in [-0.2, 0) is 0 Å². The molecule has 0 amide bonds. The summed E-state index contributed by atoms with van der Waals surface area (Å²) in [4.78, 5) is 0. The van der Waals surface area contributed by atoms with Gasteiger partial charge in [-0.25, -0.2) is 0 Å². The molecule has 0 aliphatic carbocycles. The van der Waals surface area contributed by atoms with Gasteiger partial charge in [0.25, 0.3) is 0 Å². The topological polar surface area (TPSA) is 40.5 Å². The maximum Gasteiger partial charge on any atom is 0.0774 e. The highest BCUT2D eigenvalue weighted by Crippen LogP contribution is 2.12. The minimum absolute atomic E-state index is 0.428. The summed E-state index contributed by atoms with van der Waals surface area (Å²) in [5.74, 6) is 0. The summed E-state index contributed by atoms with van der Waals surface area (Å²) in [6.07, 6.45) is -0.490. The normalized spacial score (nSPS) is 15.8. The van der Waals surface area contributed by atoms with Crippen molar-refractivity contribution in [3.63, 3.8) is 0 Å². The van der Waals surface area contributed by atoms with Crippen LogP contribution in [0, 0.1) is 0 Å². The highest BCUT2D eigenvalue weighted by Gasteiger charge is 2.10. The molecule has 0 spiro atoms. The van der Waals surface area contributed by atoms with E-state index in [1.807, 2.05) is 20.8 Å². The summed E-state index contributed by atoms with van der Waals surface area (Å²) in [5, 5.41) is 18.4. The van der Waals surface area contributed by atoms with Gasteiger partial charge in [0.1, 0.15) is 0 Å². The number of hydrogen-bond acceptors (Lipinski definition) is 2. The van der Waals surface area contributed by atoms with Gasteiger partial charge in [-0.2, -0.15) is 0 Å². The average Bonchev–Trinajstić information content (AvgIpc) is 1.84. The van der Waals surface area contributed by atoms with Gasteiger partial charge in [0, 0.05) is 6.42 Å². The van der Waals surface area contributed by atoms with E-state index in [-0.39, 0.29) is 0 Å². The molecular formula is C9H18O2. The van der Waals surface area contributed by atoms with Crippen LogP contribution in [0.2, 0.25) is 0 Å². The van der Waals surface area contributed by atoms with E-state index in [0.717, 1.165) is 11.1 Å². The summed E-state index contributed by atoms with van der Waals surface area (Å²) in [5.41, 5.74) is 2.09. The lowest BCUT2D eigenvalue weighted by Gasteiger charge is -2.14. The molecule has 0 aliphatic rings. The third kappa shape index (κ3) is 4.17. The van der Waals surface area contributed by atoms with Crippen LogP contribution in [0.5, 0.6) is 0 Å². The Morgan fingerprint density at radius 2 is 1.64 bits per heavy atom. The quantitative estimate of drug-likeness (QED) is 0.611. The Labute approximate surface area is 68.6 Å². The zero-order valence-corrected chi connectivity index (χ0v) is 7.76. The SMILES string of the molecule is CC(C)=C(C)C(O)CC(C)O. The van der Waals surface area contributed by atoms with Gasteiger partial charge < -0.3 is 10.2 Å². The molecular weight excluding hydrogens is 140 g/mol. The van der Waals surface area contributed by atoms with E-state index < -0.39 is 12.2 Å². The van der Waals surface area contributed by atoms with Crippen molar-refractivity contribution in [3.8, 4) is 0 Å². The van der Waals surface area contributed by atoms with Gasteiger partial charge in [-0.15, -0.1) is 0 Å². The van der Waals surface area contributed by atoms with Crippen molar-refractivity contribution in [2.45, 2.75) is 46.3 Å². The van der Waals surface area contributed by atoms with Crippen molar-refractivity contribution in [2.75, 3.05) is 0 Å². The minimum Gasteiger partial charge on any atom is -0.393 e. The van der Waals surface area contributed by atoms with Crippen molar-refractivity contribution in [3.05, 3.63) is 11.1 Å². The minimum atomic E-state index is -0.486. The average molecular weight is 158 g/mol. The number of allylic oxidation sites excluding steroid dienone is 1. The standard InChI is InChI=1S/C9H18O2/c1-6(2)8(4)9(11)5-7(3)10/h7,9-11H,5H2,1-4H3. The molecule has 0 fully saturated rings. The fraction of sp³-hybridized carbons (Fsp3) is 0.778. The molecule has 2 atom stereocenters. The van der Waals surface area contributed by atoms with Crippen LogP contribution in [-0.4, -0.2) is 22.4 Å². The van der Waals surface area contributed by atoms with Crippen molar-refractivity contribution in [2.24, 2.45) is 0 Å². The third-order valence-electron chi connectivity index (χ3n) is 1.85. The molecule has 0 aromatic rings. The number of aliphatic hydroxyl groups excluding tert-OH is 2. The fourth-order valence-corrected chi connectivity index (χ4v) is 0.833. The van der Waals surface area contributed by atoms with E-state index in [4.69, 9.17) is 5.11 Å². The molecule has 2 unspecified atom stereocenters. The van der Waals surface area contributed by atoms with Crippen molar-refractivity contribution >= 4 is 0 Å². The van der Waals surface area contributed by atoms with Crippen LogP contribution in [0.4, 0.5) is 0 Å². The second kappa shape index (κ2) is 4.52. The van der Waals surface area contributed by atoms with Gasteiger partial charge in [0.2, 0.25) is 0 Å². The molecule has 0 aromatic heterocycles. The second-order valence-corrected chi connectivity index (χ2v) is 3.28. The summed E-state index contributed by atoms with van der Waals surface area (Å²) in [6, 6.07) is 0. The van der Waals surface area contributed by atoms with E-state index in [2.05, 4.69) is 0 Å². The van der Waals surface area contributed by atoms with Crippen LogP contribution >= 0.6 is 0 Å². The number of hydrogen-bond donors (Lipinski definition) is 2. The fourth-order valence-electron chi connectivity index (χ4n) is 0.833. The van der Waals surface area contributed by atoms with E-state index in [9.17, 15) is 5.11 Å². The summed E-state index contributed by atoms with van der Waals surface area (Å²) in [7, 11) is 0. The van der Waals surface area contributed by atoms with E-state index in [0.29, 0.717) is 6.42 Å². The summed E-state index contributed by atoms with van der Waals surface area (Å²) < 4.78 is 0. The summed E-state index contributed by atoms with van der Waals surface area (Å²) in [6.45, 7) is 7.49. The van der Waals surface area contributed by atoms with E-state index >= 15 is 0 Å². The molecule has 11 heavy (non-hydrogen) atoms. The molecule has 0 aromatic carbocycles. The maximum atomic E-state index is 9.44. The molecule has 2 nitrogen and oxygen atoms in total. The number of rotatable bonds is 3. The monoisotopic (exact) mass is 158 g/mol. The van der Waals surface area contributed by atoms with Crippen LogP contribution in [0.3, 0.4) is 0 Å². The Bertz CT molecular complexity index is 144. The first-order chi connectivity index (χ1) is 4.95. The van der Waals surface area contributed by atoms with Gasteiger partial charge in [0.05, 0.1) is 12.2 Å². The zero-order valence-electron chi connectivity index (χ0n) is 7.76. The van der Waals surface area contributed by atoms with Crippen molar-refractivity contribution in [1.82, 2.24) is 0 Å². The predicted octanol–water partition coefficient (Wildman–Crippen LogP) is 1.47. The molecule has 66 valence electrons. The Morgan fingerprint density at radius 1 is 1.18 bits per heavy atom. The van der Waals surface area contributed by atoms with Crippen LogP contribution in [0.1, 0.15) is 34.1 Å². The first kappa shape index (κ1) is 10.7. The molecule has 0 bridgehead atoms. The molecule has 0 aliphatic heterocycles. The van der Waals surface area contributed by atoms with E-state index in [1.165, 1.54) is 0 Å². The Hall–Kier alpha value is -0.340. The van der Waals surface area contributed by atoms with Gasteiger partial charge in [-0.05, 0) is 33.3 Å². The molecule has 2 N–H and O–H groups in total. The lowest BCUT2D eigenvalue weighted by molar-refractivity contribution is 0.110. The molecule has 0 rings (SSSR count). The van der Waals surface area contributed by atoms with Crippen molar-refractivity contribution in [1.29, 1.82) is 0 Å². The lowest BCUT2D eigenvalue weighted by atomic mass is 10.0. The van der Waals surface area contributed by atoms with Crippen LogP contribution < -0.4 is 0 Å². The van der Waals surface area contributed by atoms with Gasteiger partial charge >= 0.3 is 0 Å². The first-order valence-electron chi connectivity index (χ1n) is 3.95. The zero-order chi connectivity index (χ0) is 9.02. The number of aliphatic hydroxyl groups is 2. The highest BCUT2D eigenvalue weighted by atomic mass is 16.3. The van der Waals surface area contributed by atoms with E-state index in [1.54, 1.807) is 6.92 Å². The smallest absolute Gasteiger partial charge is 0.0774 e. The first-order valence-corrected chi connectivity index (χ1v) is 3.95. The Kier molecular flexibility index (Phi) is 4.38. The maximum absolute atomic E-state index is 9.44. The van der Waals surface area contributed by atoms with Gasteiger partial charge in [-0.3, -0.25) is 0 Å². The Balaban J connectivity index is 4.04. The van der Waals surface area contributed by atoms with Gasteiger partial charge in [0.15, 0.2) is 0 Å².